The number of hydrogen-bond acceptors (Lipinski definition) is 5. The first-order chi connectivity index (χ1) is 12.0. The lowest BCUT2D eigenvalue weighted by atomic mass is 9.62. The maximum absolute atomic E-state index is 12.7. The smallest absolute Gasteiger partial charge is 0.312 e. The van der Waals surface area contributed by atoms with Gasteiger partial charge in [-0.25, -0.2) is 0 Å². The van der Waals surface area contributed by atoms with Gasteiger partial charge in [0.25, 0.3) is 5.91 Å². The van der Waals surface area contributed by atoms with E-state index in [0.717, 1.165) is 12.0 Å². The molecule has 2 N–H and O–H groups in total. The molecule has 1 saturated carbocycles. The van der Waals surface area contributed by atoms with Crippen molar-refractivity contribution in [2.45, 2.75) is 37.8 Å². The van der Waals surface area contributed by atoms with Crippen molar-refractivity contribution in [2.24, 2.45) is 5.41 Å². The molecule has 1 aliphatic carbocycles. The fourth-order valence-electron chi connectivity index (χ4n) is 3.91. The molecular weight excluding hydrogens is 326 g/mol. The van der Waals surface area contributed by atoms with Gasteiger partial charge in [0.05, 0.1) is 24.7 Å². The van der Waals surface area contributed by atoms with Crippen LogP contribution < -0.4 is 14.8 Å². The topological polar surface area (TPSA) is 94.1 Å². The third kappa shape index (κ3) is 2.37. The van der Waals surface area contributed by atoms with E-state index < -0.39 is 17.0 Å². The molecule has 1 amide bonds. The number of amides is 1. The van der Waals surface area contributed by atoms with Crippen LogP contribution in [0.15, 0.2) is 18.2 Å². The molecule has 4 aliphatic rings. The zero-order chi connectivity index (χ0) is 17.7. The maximum Gasteiger partial charge on any atom is 0.312 e. The van der Waals surface area contributed by atoms with Gasteiger partial charge in [0.2, 0.25) is 0 Å². The van der Waals surface area contributed by atoms with Gasteiger partial charge in [-0.05, 0) is 12.5 Å². The number of carbonyl (C=O) groups is 2. The van der Waals surface area contributed by atoms with Gasteiger partial charge in [-0.15, -0.1) is 0 Å². The number of aliphatic carboxylic acids is 1. The Kier molecular flexibility index (Phi) is 3.64. The summed E-state index contributed by atoms with van der Waals surface area (Å²) in [5.74, 6) is 0.198. The number of carboxylic acid groups (broad SMARTS) is 1. The minimum atomic E-state index is -1.00. The lowest BCUT2D eigenvalue weighted by molar-refractivity contribution is -0.159. The summed E-state index contributed by atoms with van der Waals surface area (Å²) in [5, 5.41) is 12.2. The van der Waals surface area contributed by atoms with Crippen LogP contribution in [-0.4, -0.2) is 42.4 Å². The lowest BCUT2D eigenvalue weighted by Crippen LogP contribution is -2.57. The number of benzene rings is 1. The zero-order valence-corrected chi connectivity index (χ0v) is 14.0. The van der Waals surface area contributed by atoms with Crippen LogP contribution in [0.4, 0.5) is 0 Å². The van der Waals surface area contributed by atoms with Crippen LogP contribution >= 0.6 is 0 Å². The molecule has 134 valence electrons. The fourth-order valence-corrected chi connectivity index (χ4v) is 3.91. The largest absolute Gasteiger partial charge is 0.490 e. The third-order valence-corrected chi connectivity index (χ3v) is 5.29. The van der Waals surface area contributed by atoms with Crippen LogP contribution in [0, 0.1) is 5.41 Å². The molecule has 0 spiro atoms. The molecule has 3 aliphatic heterocycles. The molecule has 3 fully saturated rings. The fraction of sp³-hybridized carbons (Fsp3) is 0.556. The standard InChI is InChI=1S/C18H21NO6/c1-2-6-23-13-5-3-4-11-12(7-24-14(11)13)19-15(20)18-8-17(9-18,10-25-18)16(21)22/h3-5,12H,2,6-10H2,1H3,(H,19,20)(H,21,22). The first kappa shape index (κ1) is 16.2. The van der Waals surface area contributed by atoms with Gasteiger partial charge in [-0.3, -0.25) is 9.59 Å². The summed E-state index contributed by atoms with van der Waals surface area (Å²) in [5.41, 5.74) is -1.01. The molecule has 0 aromatic heterocycles. The van der Waals surface area contributed by atoms with E-state index in [0.29, 0.717) is 24.7 Å². The van der Waals surface area contributed by atoms with Gasteiger partial charge in [0.15, 0.2) is 11.5 Å². The number of nitrogens with one attached hydrogen (secondary N) is 1. The molecule has 2 bridgehead atoms. The van der Waals surface area contributed by atoms with E-state index in [1.54, 1.807) is 0 Å². The second-order valence-electron chi connectivity index (χ2n) is 7.08. The second kappa shape index (κ2) is 5.62. The molecule has 25 heavy (non-hydrogen) atoms. The van der Waals surface area contributed by atoms with E-state index >= 15 is 0 Å². The molecule has 1 aromatic rings. The summed E-state index contributed by atoms with van der Waals surface area (Å²) in [6.45, 7) is 3.06. The molecule has 7 nitrogen and oxygen atoms in total. The molecular formula is C18H21NO6. The number of carboxylic acids is 1. The molecule has 1 atom stereocenters. The quantitative estimate of drug-likeness (QED) is 0.813. The van der Waals surface area contributed by atoms with Crippen molar-refractivity contribution in [3.63, 3.8) is 0 Å². The van der Waals surface area contributed by atoms with Crippen LogP contribution in [0.3, 0.4) is 0 Å². The van der Waals surface area contributed by atoms with E-state index in [2.05, 4.69) is 5.32 Å². The Morgan fingerprint density at radius 1 is 1.40 bits per heavy atom. The number of rotatable bonds is 6. The van der Waals surface area contributed by atoms with Crippen molar-refractivity contribution < 1.29 is 28.9 Å². The van der Waals surface area contributed by atoms with Crippen molar-refractivity contribution in [2.75, 3.05) is 19.8 Å². The SMILES string of the molecule is CCCOc1cccc2c1OCC2NC(=O)C12CC(C(=O)O)(CO1)C2. The van der Waals surface area contributed by atoms with Gasteiger partial charge in [-0.1, -0.05) is 19.1 Å². The van der Waals surface area contributed by atoms with Crippen LogP contribution in [0.2, 0.25) is 0 Å². The average Bonchev–Trinajstić information content (AvgIpc) is 3.25. The number of ether oxygens (including phenoxy) is 3. The van der Waals surface area contributed by atoms with E-state index in [4.69, 9.17) is 14.2 Å². The highest BCUT2D eigenvalue weighted by Gasteiger charge is 2.70. The van der Waals surface area contributed by atoms with Crippen molar-refractivity contribution in [3.8, 4) is 11.5 Å². The number of fused-ring (bicyclic) bond motifs is 2. The molecule has 0 radical (unpaired) electrons. The van der Waals surface area contributed by atoms with E-state index in [9.17, 15) is 14.7 Å². The van der Waals surface area contributed by atoms with Crippen molar-refractivity contribution in [1.82, 2.24) is 5.32 Å². The average molecular weight is 347 g/mol. The Morgan fingerprint density at radius 3 is 2.88 bits per heavy atom. The molecule has 1 unspecified atom stereocenters. The van der Waals surface area contributed by atoms with Crippen LogP contribution in [0.1, 0.15) is 37.8 Å². The lowest BCUT2D eigenvalue weighted by Gasteiger charge is -2.40. The monoisotopic (exact) mass is 347 g/mol. The Balaban J connectivity index is 1.46. The maximum atomic E-state index is 12.7. The Labute approximate surface area is 145 Å². The Bertz CT molecular complexity index is 724. The van der Waals surface area contributed by atoms with Gasteiger partial charge in [0.1, 0.15) is 12.2 Å². The summed E-state index contributed by atoms with van der Waals surface area (Å²) < 4.78 is 17.0. The Morgan fingerprint density at radius 2 is 2.20 bits per heavy atom. The second-order valence-corrected chi connectivity index (χ2v) is 7.08. The number of para-hydroxylation sites is 1. The normalized spacial score (nSPS) is 31.6. The first-order valence-electron chi connectivity index (χ1n) is 8.56. The Hall–Kier alpha value is -2.28. The van der Waals surface area contributed by atoms with E-state index in [1.165, 1.54) is 0 Å². The molecule has 7 heteroatoms. The van der Waals surface area contributed by atoms with Gasteiger partial charge in [-0.2, -0.15) is 0 Å². The summed E-state index contributed by atoms with van der Waals surface area (Å²) in [7, 11) is 0. The van der Waals surface area contributed by atoms with Gasteiger partial charge >= 0.3 is 5.97 Å². The van der Waals surface area contributed by atoms with Crippen LogP contribution in [0.5, 0.6) is 11.5 Å². The predicted molar refractivity (Wildman–Crippen MR) is 86.6 cm³/mol. The highest BCUT2D eigenvalue weighted by atomic mass is 16.5. The molecule has 5 rings (SSSR count). The zero-order valence-electron chi connectivity index (χ0n) is 14.0. The van der Waals surface area contributed by atoms with Crippen molar-refractivity contribution >= 4 is 11.9 Å². The third-order valence-electron chi connectivity index (χ3n) is 5.29. The van der Waals surface area contributed by atoms with Gasteiger partial charge in [0, 0.05) is 18.4 Å². The number of hydrogen-bond donors (Lipinski definition) is 2. The number of carbonyl (C=O) groups excluding carboxylic acids is 1. The highest BCUT2D eigenvalue weighted by molar-refractivity contribution is 5.92. The molecule has 3 heterocycles. The minimum absolute atomic E-state index is 0.0997. The van der Waals surface area contributed by atoms with Crippen LogP contribution in [0.25, 0.3) is 0 Å². The minimum Gasteiger partial charge on any atom is -0.490 e. The van der Waals surface area contributed by atoms with E-state index in [-0.39, 0.29) is 31.4 Å². The van der Waals surface area contributed by atoms with Crippen molar-refractivity contribution in [3.05, 3.63) is 23.8 Å². The summed E-state index contributed by atoms with van der Waals surface area (Å²) >= 11 is 0. The summed E-state index contributed by atoms with van der Waals surface area (Å²) in [4.78, 5) is 24.0. The van der Waals surface area contributed by atoms with Crippen molar-refractivity contribution in [1.29, 1.82) is 0 Å². The first-order valence-corrected chi connectivity index (χ1v) is 8.56. The van der Waals surface area contributed by atoms with Gasteiger partial charge < -0.3 is 24.6 Å². The van der Waals surface area contributed by atoms with E-state index in [1.807, 2.05) is 25.1 Å². The summed E-state index contributed by atoms with van der Waals surface area (Å²) in [6.07, 6.45) is 1.37. The molecule has 1 aromatic carbocycles. The summed E-state index contributed by atoms with van der Waals surface area (Å²) in [6, 6.07) is 5.35. The predicted octanol–water partition coefficient (Wildman–Crippen LogP) is 1.66. The highest BCUT2D eigenvalue weighted by Crippen LogP contribution is 2.58. The van der Waals surface area contributed by atoms with Crippen LogP contribution in [-0.2, 0) is 14.3 Å². The molecule has 2 saturated heterocycles.